The molecule has 0 unspecified atom stereocenters. The molecule has 0 saturated heterocycles. The van der Waals surface area contributed by atoms with E-state index in [9.17, 15) is 0 Å². The second-order valence-corrected chi connectivity index (χ2v) is 3.41. The smallest absolute Gasteiger partial charge is 0.105 e. The maximum Gasteiger partial charge on any atom is 0.105 e. The number of rotatable bonds is 4. The Bertz CT molecular complexity index is 462. The number of aliphatic hydroxyl groups excluding tert-OH is 1. The van der Waals surface area contributed by atoms with E-state index in [0.29, 0.717) is 6.54 Å². The fraction of sp³-hybridized carbons (Fsp3) is 0.167. The maximum atomic E-state index is 8.63. The van der Waals surface area contributed by atoms with Gasteiger partial charge < -0.3 is 5.11 Å². The summed E-state index contributed by atoms with van der Waals surface area (Å²) in [6.45, 7) is 0.729. The molecule has 0 spiro atoms. The van der Waals surface area contributed by atoms with Crippen LogP contribution in [0.15, 0.2) is 42.6 Å². The minimum absolute atomic E-state index is 0.0194. The fourth-order valence-corrected chi connectivity index (χ4v) is 1.41. The first kappa shape index (κ1) is 10.6. The van der Waals surface area contributed by atoms with Crippen LogP contribution in [0.4, 0.5) is 0 Å². The van der Waals surface area contributed by atoms with E-state index in [2.05, 4.69) is 10.3 Å². The highest BCUT2D eigenvalue weighted by molar-refractivity contribution is 5.42. The van der Waals surface area contributed by atoms with E-state index in [0.717, 1.165) is 5.69 Å². The standard InChI is InChI=1S/C12H13N3O/c16-8-4-7-12-10-15(14-13-12)9-11-5-2-1-3-6-11/h1-7,10,16H,8-9H2/b7-4+. The first-order valence-corrected chi connectivity index (χ1v) is 5.10. The van der Waals surface area contributed by atoms with E-state index in [1.165, 1.54) is 5.56 Å². The molecule has 0 fully saturated rings. The second-order valence-electron chi connectivity index (χ2n) is 3.41. The largest absolute Gasteiger partial charge is 0.392 e. The molecule has 0 aliphatic heterocycles. The van der Waals surface area contributed by atoms with Crippen LogP contribution in [-0.2, 0) is 6.54 Å². The molecule has 82 valence electrons. The molecular weight excluding hydrogens is 202 g/mol. The minimum Gasteiger partial charge on any atom is -0.392 e. The topological polar surface area (TPSA) is 50.9 Å². The Hall–Kier alpha value is -1.94. The zero-order valence-electron chi connectivity index (χ0n) is 8.82. The van der Waals surface area contributed by atoms with Crippen molar-refractivity contribution in [3.63, 3.8) is 0 Å². The van der Waals surface area contributed by atoms with Crippen LogP contribution in [0.25, 0.3) is 6.08 Å². The Balaban J connectivity index is 2.06. The zero-order valence-corrected chi connectivity index (χ0v) is 8.82. The van der Waals surface area contributed by atoms with Gasteiger partial charge in [0.15, 0.2) is 0 Å². The molecule has 0 radical (unpaired) electrons. The van der Waals surface area contributed by atoms with Gasteiger partial charge in [0.25, 0.3) is 0 Å². The normalized spacial score (nSPS) is 11.1. The number of benzene rings is 1. The molecular formula is C12H13N3O. The predicted molar refractivity (Wildman–Crippen MR) is 61.7 cm³/mol. The summed E-state index contributed by atoms with van der Waals surface area (Å²) in [5.41, 5.74) is 1.94. The van der Waals surface area contributed by atoms with Crippen LogP contribution in [0.1, 0.15) is 11.3 Å². The SMILES string of the molecule is OC/C=C/c1cn(Cc2ccccc2)nn1. The summed E-state index contributed by atoms with van der Waals surface area (Å²) in [6, 6.07) is 10.1. The summed E-state index contributed by atoms with van der Waals surface area (Å²) in [5, 5.41) is 16.6. The van der Waals surface area contributed by atoms with Gasteiger partial charge in [-0.2, -0.15) is 0 Å². The molecule has 4 heteroatoms. The first-order chi connectivity index (χ1) is 7.88. The Morgan fingerprint density at radius 3 is 2.81 bits per heavy atom. The van der Waals surface area contributed by atoms with Gasteiger partial charge >= 0.3 is 0 Å². The molecule has 0 aliphatic carbocycles. The van der Waals surface area contributed by atoms with E-state index in [-0.39, 0.29) is 6.61 Å². The highest BCUT2D eigenvalue weighted by atomic mass is 16.2. The molecule has 2 rings (SSSR count). The van der Waals surface area contributed by atoms with Crippen molar-refractivity contribution in [2.75, 3.05) is 6.61 Å². The summed E-state index contributed by atoms with van der Waals surface area (Å²) >= 11 is 0. The average Bonchev–Trinajstić information content (AvgIpc) is 2.75. The van der Waals surface area contributed by atoms with Crippen molar-refractivity contribution >= 4 is 6.08 Å². The van der Waals surface area contributed by atoms with Gasteiger partial charge in [0.05, 0.1) is 19.3 Å². The van der Waals surface area contributed by atoms with Crippen molar-refractivity contribution in [1.82, 2.24) is 15.0 Å². The van der Waals surface area contributed by atoms with Crippen LogP contribution >= 0.6 is 0 Å². The minimum atomic E-state index is 0.0194. The van der Waals surface area contributed by atoms with Gasteiger partial charge in [0.1, 0.15) is 5.69 Å². The van der Waals surface area contributed by atoms with Crippen molar-refractivity contribution < 1.29 is 5.11 Å². The van der Waals surface area contributed by atoms with E-state index in [1.807, 2.05) is 36.5 Å². The van der Waals surface area contributed by atoms with Crippen molar-refractivity contribution in [2.24, 2.45) is 0 Å². The quantitative estimate of drug-likeness (QED) is 0.837. The Morgan fingerprint density at radius 1 is 1.25 bits per heavy atom. The molecule has 1 aromatic heterocycles. The van der Waals surface area contributed by atoms with Crippen molar-refractivity contribution in [3.05, 3.63) is 53.9 Å². The van der Waals surface area contributed by atoms with Gasteiger partial charge in [-0.15, -0.1) is 5.10 Å². The summed E-state index contributed by atoms with van der Waals surface area (Å²) in [4.78, 5) is 0. The van der Waals surface area contributed by atoms with Gasteiger partial charge in [0, 0.05) is 0 Å². The Labute approximate surface area is 93.8 Å². The molecule has 1 heterocycles. The van der Waals surface area contributed by atoms with Gasteiger partial charge in [0.2, 0.25) is 0 Å². The van der Waals surface area contributed by atoms with Crippen molar-refractivity contribution in [2.45, 2.75) is 6.54 Å². The second kappa shape index (κ2) is 5.23. The molecule has 0 atom stereocenters. The molecule has 16 heavy (non-hydrogen) atoms. The molecule has 0 amide bonds. The summed E-state index contributed by atoms with van der Waals surface area (Å²) in [7, 11) is 0. The molecule has 2 aromatic rings. The van der Waals surface area contributed by atoms with Crippen LogP contribution in [0.3, 0.4) is 0 Å². The summed E-state index contributed by atoms with van der Waals surface area (Å²) in [6.07, 6.45) is 5.23. The first-order valence-electron chi connectivity index (χ1n) is 5.10. The molecule has 0 saturated carbocycles. The number of aromatic nitrogens is 3. The van der Waals surface area contributed by atoms with Crippen LogP contribution < -0.4 is 0 Å². The van der Waals surface area contributed by atoms with E-state index >= 15 is 0 Å². The van der Waals surface area contributed by atoms with Crippen LogP contribution in [0.5, 0.6) is 0 Å². The molecule has 1 N–H and O–H groups in total. The monoisotopic (exact) mass is 215 g/mol. The van der Waals surface area contributed by atoms with Gasteiger partial charge in [-0.1, -0.05) is 41.6 Å². The highest BCUT2D eigenvalue weighted by Crippen LogP contribution is 2.02. The third-order valence-electron chi connectivity index (χ3n) is 2.14. The molecule has 1 aromatic carbocycles. The molecule has 0 bridgehead atoms. The number of nitrogens with zero attached hydrogens (tertiary/aromatic N) is 3. The number of aliphatic hydroxyl groups is 1. The lowest BCUT2D eigenvalue weighted by Gasteiger charge is -1.98. The molecule has 4 nitrogen and oxygen atoms in total. The summed E-state index contributed by atoms with van der Waals surface area (Å²) in [5.74, 6) is 0. The van der Waals surface area contributed by atoms with Crippen LogP contribution in [0.2, 0.25) is 0 Å². The summed E-state index contributed by atoms with van der Waals surface area (Å²) < 4.78 is 1.77. The van der Waals surface area contributed by atoms with E-state index < -0.39 is 0 Å². The van der Waals surface area contributed by atoms with Gasteiger partial charge in [-0.05, 0) is 11.6 Å². The lowest BCUT2D eigenvalue weighted by atomic mass is 10.2. The van der Waals surface area contributed by atoms with E-state index in [1.54, 1.807) is 16.8 Å². The molecule has 0 aliphatic rings. The van der Waals surface area contributed by atoms with Crippen LogP contribution in [0, 0.1) is 0 Å². The number of hydrogen-bond acceptors (Lipinski definition) is 3. The lowest BCUT2D eigenvalue weighted by Crippen LogP contribution is -1.99. The van der Waals surface area contributed by atoms with E-state index in [4.69, 9.17) is 5.11 Å². The third kappa shape index (κ3) is 2.77. The fourth-order valence-electron chi connectivity index (χ4n) is 1.41. The van der Waals surface area contributed by atoms with Gasteiger partial charge in [-0.3, -0.25) is 0 Å². The van der Waals surface area contributed by atoms with Crippen LogP contribution in [-0.4, -0.2) is 26.7 Å². The lowest BCUT2D eigenvalue weighted by molar-refractivity contribution is 0.343. The van der Waals surface area contributed by atoms with Crippen molar-refractivity contribution in [1.29, 1.82) is 0 Å². The Kier molecular flexibility index (Phi) is 3.46. The van der Waals surface area contributed by atoms with Crippen molar-refractivity contribution in [3.8, 4) is 0 Å². The number of hydrogen-bond donors (Lipinski definition) is 1. The predicted octanol–water partition coefficient (Wildman–Crippen LogP) is 1.33. The zero-order chi connectivity index (χ0) is 11.2. The maximum absolute atomic E-state index is 8.63. The third-order valence-corrected chi connectivity index (χ3v) is 2.14. The average molecular weight is 215 g/mol. The van der Waals surface area contributed by atoms with Gasteiger partial charge in [-0.25, -0.2) is 4.68 Å². The Morgan fingerprint density at radius 2 is 2.06 bits per heavy atom. The highest BCUT2D eigenvalue weighted by Gasteiger charge is 1.97.